The highest BCUT2D eigenvalue weighted by molar-refractivity contribution is 9.10. The van der Waals surface area contributed by atoms with E-state index < -0.39 is 0 Å². The van der Waals surface area contributed by atoms with Crippen LogP contribution in [-0.2, 0) is 19.5 Å². The molecule has 0 radical (unpaired) electrons. The Morgan fingerprint density at radius 3 is 2.80 bits per heavy atom. The van der Waals surface area contributed by atoms with Gasteiger partial charge in [-0.05, 0) is 41.3 Å². The minimum atomic E-state index is -0.173. The molecule has 0 atom stereocenters. The zero-order valence-corrected chi connectivity index (χ0v) is 12.7. The first-order valence-electron chi connectivity index (χ1n) is 6.68. The number of rotatable bonds is 3. The molecule has 1 aliphatic heterocycles. The summed E-state index contributed by atoms with van der Waals surface area (Å²) in [5.41, 5.74) is 10.2. The molecular formula is C16H16BrFN2. The van der Waals surface area contributed by atoms with Gasteiger partial charge in [-0.3, -0.25) is 0 Å². The maximum absolute atomic E-state index is 13.4. The monoisotopic (exact) mass is 334 g/mol. The first kappa shape index (κ1) is 13.6. The van der Waals surface area contributed by atoms with Gasteiger partial charge in [0.05, 0.1) is 0 Å². The molecule has 0 aromatic heterocycles. The van der Waals surface area contributed by atoms with Gasteiger partial charge in [-0.25, -0.2) is 4.39 Å². The standard InChI is InChI=1S/C16H16BrFN2/c17-15-7-11(9-19)1-2-13(15)10-20-6-5-12-3-4-14(18)8-16(12)20/h1-4,7-8H,5-6,9-10,19H2. The molecule has 0 saturated carbocycles. The number of nitrogens with zero attached hydrogens (tertiary/aromatic N) is 1. The second-order valence-electron chi connectivity index (χ2n) is 5.07. The van der Waals surface area contributed by atoms with Gasteiger partial charge in [0.1, 0.15) is 5.82 Å². The molecule has 2 aromatic rings. The molecule has 0 aliphatic carbocycles. The summed E-state index contributed by atoms with van der Waals surface area (Å²) in [5.74, 6) is -0.173. The van der Waals surface area contributed by atoms with Crippen LogP contribution in [0.1, 0.15) is 16.7 Å². The molecule has 0 spiro atoms. The lowest BCUT2D eigenvalue weighted by molar-refractivity contribution is 0.627. The summed E-state index contributed by atoms with van der Waals surface area (Å²) in [7, 11) is 0. The van der Waals surface area contributed by atoms with Crippen molar-refractivity contribution in [2.24, 2.45) is 5.73 Å². The molecule has 0 amide bonds. The highest BCUT2D eigenvalue weighted by Crippen LogP contribution is 2.31. The van der Waals surface area contributed by atoms with Gasteiger partial charge in [-0.1, -0.05) is 34.1 Å². The van der Waals surface area contributed by atoms with Crippen molar-refractivity contribution in [1.82, 2.24) is 0 Å². The number of nitrogens with two attached hydrogens (primary N) is 1. The third-order valence-electron chi connectivity index (χ3n) is 3.75. The molecule has 1 heterocycles. The van der Waals surface area contributed by atoms with Crippen LogP contribution in [0.5, 0.6) is 0 Å². The fourth-order valence-corrected chi connectivity index (χ4v) is 3.19. The van der Waals surface area contributed by atoms with Gasteiger partial charge in [0.15, 0.2) is 0 Å². The van der Waals surface area contributed by atoms with E-state index in [9.17, 15) is 4.39 Å². The van der Waals surface area contributed by atoms with Crippen molar-refractivity contribution in [3.63, 3.8) is 0 Å². The van der Waals surface area contributed by atoms with Gasteiger partial charge in [0.25, 0.3) is 0 Å². The van der Waals surface area contributed by atoms with E-state index in [4.69, 9.17) is 5.73 Å². The SMILES string of the molecule is NCc1ccc(CN2CCc3ccc(F)cc32)c(Br)c1. The lowest BCUT2D eigenvalue weighted by atomic mass is 10.1. The van der Waals surface area contributed by atoms with E-state index in [-0.39, 0.29) is 5.82 Å². The molecule has 0 bridgehead atoms. The fraction of sp³-hybridized carbons (Fsp3) is 0.250. The number of hydrogen-bond donors (Lipinski definition) is 1. The summed E-state index contributed by atoms with van der Waals surface area (Å²) in [6.45, 7) is 2.25. The number of hydrogen-bond acceptors (Lipinski definition) is 2. The molecule has 1 aliphatic rings. The first-order chi connectivity index (χ1) is 9.67. The molecule has 4 heteroatoms. The van der Waals surface area contributed by atoms with E-state index in [0.717, 1.165) is 35.2 Å². The summed E-state index contributed by atoms with van der Waals surface area (Å²) in [4.78, 5) is 2.22. The molecule has 2 nitrogen and oxygen atoms in total. The van der Waals surface area contributed by atoms with Crippen molar-refractivity contribution < 1.29 is 4.39 Å². The summed E-state index contributed by atoms with van der Waals surface area (Å²) in [6, 6.07) is 11.2. The Bertz CT molecular complexity index is 642. The van der Waals surface area contributed by atoms with Crippen LogP contribution in [0.3, 0.4) is 0 Å². The fourth-order valence-electron chi connectivity index (χ4n) is 2.63. The van der Waals surface area contributed by atoms with E-state index in [0.29, 0.717) is 6.54 Å². The van der Waals surface area contributed by atoms with Gasteiger partial charge in [-0.2, -0.15) is 0 Å². The van der Waals surface area contributed by atoms with Crippen molar-refractivity contribution in [3.8, 4) is 0 Å². The van der Waals surface area contributed by atoms with Gasteiger partial charge >= 0.3 is 0 Å². The lowest BCUT2D eigenvalue weighted by Crippen LogP contribution is -2.20. The summed E-state index contributed by atoms with van der Waals surface area (Å²) in [5, 5.41) is 0. The Morgan fingerprint density at radius 1 is 1.20 bits per heavy atom. The molecule has 3 rings (SSSR count). The van der Waals surface area contributed by atoms with Crippen molar-refractivity contribution in [2.45, 2.75) is 19.5 Å². The van der Waals surface area contributed by atoms with Crippen LogP contribution in [0.15, 0.2) is 40.9 Å². The predicted molar refractivity (Wildman–Crippen MR) is 83.2 cm³/mol. The number of benzene rings is 2. The van der Waals surface area contributed by atoms with E-state index in [1.54, 1.807) is 6.07 Å². The Hall–Kier alpha value is -1.39. The highest BCUT2D eigenvalue weighted by Gasteiger charge is 2.20. The minimum Gasteiger partial charge on any atom is -0.367 e. The van der Waals surface area contributed by atoms with E-state index in [2.05, 4.69) is 33.0 Å². The zero-order valence-electron chi connectivity index (χ0n) is 11.1. The Kier molecular flexibility index (Phi) is 3.76. The minimum absolute atomic E-state index is 0.173. The van der Waals surface area contributed by atoms with Crippen LogP contribution in [0.2, 0.25) is 0 Å². The second-order valence-corrected chi connectivity index (χ2v) is 5.93. The molecule has 104 valence electrons. The molecule has 2 N–H and O–H groups in total. The van der Waals surface area contributed by atoms with Gasteiger partial charge in [0, 0.05) is 29.8 Å². The second kappa shape index (κ2) is 5.54. The highest BCUT2D eigenvalue weighted by atomic mass is 79.9. The van der Waals surface area contributed by atoms with Crippen LogP contribution >= 0.6 is 15.9 Å². The molecule has 20 heavy (non-hydrogen) atoms. The first-order valence-corrected chi connectivity index (χ1v) is 7.47. The quantitative estimate of drug-likeness (QED) is 0.929. The van der Waals surface area contributed by atoms with Crippen LogP contribution < -0.4 is 10.6 Å². The molecule has 0 fully saturated rings. The zero-order chi connectivity index (χ0) is 14.1. The van der Waals surface area contributed by atoms with E-state index in [1.165, 1.54) is 17.2 Å². The van der Waals surface area contributed by atoms with E-state index in [1.807, 2.05) is 12.1 Å². The Balaban J connectivity index is 1.85. The van der Waals surface area contributed by atoms with Crippen molar-refractivity contribution >= 4 is 21.6 Å². The van der Waals surface area contributed by atoms with Crippen molar-refractivity contribution in [2.75, 3.05) is 11.4 Å². The van der Waals surface area contributed by atoms with Crippen LogP contribution in [0.4, 0.5) is 10.1 Å². The topological polar surface area (TPSA) is 29.3 Å². The molecule has 0 saturated heterocycles. The maximum Gasteiger partial charge on any atom is 0.125 e. The van der Waals surface area contributed by atoms with Crippen LogP contribution in [-0.4, -0.2) is 6.54 Å². The summed E-state index contributed by atoms with van der Waals surface area (Å²) in [6.07, 6.45) is 0.980. The van der Waals surface area contributed by atoms with Crippen molar-refractivity contribution in [3.05, 3.63) is 63.4 Å². The third-order valence-corrected chi connectivity index (χ3v) is 4.49. The van der Waals surface area contributed by atoms with Gasteiger partial charge in [-0.15, -0.1) is 0 Å². The van der Waals surface area contributed by atoms with Gasteiger partial charge < -0.3 is 10.6 Å². The van der Waals surface area contributed by atoms with Gasteiger partial charge in [0.2, 0.25) is 0 Å². The largest absolute Gasteiger partial charge is 0.367 e. The average Bonchev–Trinajstić information content (AvgIpc) is 2.83. The Labute approximate surface area is 126 Å². The van der Waals surface area contributed by atoms with Crippen LogP contribution in [0, 0.1) is 5.82 Å². The molecule has 2 aromatic carbocycles. The molecule has 0 unspecified atom stereocenters. The molecular weight excluding hydrogens is 319 g/mol. The summed E-state index contributed by atoms with van der Waals surface area (Å²) < 4.78 is 14.5. The predicted octanol–water partition coefficient (Wildman–Crippen LogP) is 3.61. The average molecular weight is 335 g/mol. The Morgan fingerprint density at radius 2 is 2.05 bits per heavy atom. The number of halogens is 2. The van der Waals surface area contributed by atoms with Crippen molar-refractivity contribution in [1.29, 1.82) is 0 Å². The third kappa shape index (κ3) is 2.58. The smallest absolute Gasteiger partial charge is 0.125 e. The van der Waals surface area contributed by atoms with E-state index >= 15 is 0 Å². The lowest BCUT2D eigenvalue weighted by Gasteiger charge is -2.20. The normalized spacial score (nSPS) is 13.7. The van der Waals surface area contributed by atoms with Crippen LogP contribution in [0.25, 0.3) is 0 Å². The maximum atomic E-state index is 13.4. The number of fused-ring (bicyclic) bond motifs is 1. The number of anilines is 1. The summed E-state index contributed by atoms with van der Waals surface area (Å²) >= 11 is 3.59.